The Kier molecular flexibility index (Phi) is 3.01. The smallest absolute Gasteiger partial charge is 0.195 e. The van der Waals surface area contributed by atoms with E-state index in [-0.39, 0.29) is 11.4 Å². The monoisotopic (exact) mass is 289 g/mol. The minimum Gasteiger partial charge on any atom is -0.365 e. The van der Waals surface area contributed by atoms with Crippen LogP contribution in [-0.4, -0.2) is 14.9 Å². The van der Waals surface area contributed by atoms with Gasteiger partial charge in [-0.05, 0) is 32.9 Å². The van der Waals surface area contributed by atoms with Crippen LogP contribution < -0.4 is 5.32 Å². The van der Waals surface area contributed by atoms with Crippen LogP contribution in [0.4, 0.5) is 10.2 Å². The number of rotatable bonds is 2. The Morgan fingerprint density at radius 2 is 2.00 bits per heavy atom. The zero-order chi connectivity index (χ0) is 14.3. The molecule has 0 saturated heterocycles. The molecule has 2 aromatic heterocycles. The average Bonchev–Trinajstić information content (AvgIpc) is 2.91. The molecule has 20 heavy (non-hydrogen) atoms. The SMILES string of the molecule is CC(C)(C)Nc1c(-c2ccccc2F)nc2sccn12. The molecule has 0 radical (unpaired) electrons. The lowest BCUT2D eigenvalue weighted by Crippen LogP contribution is -2.27. The molecule has 2 heterocycles. The van der Waals surface area contributed by atoms with Gasteiger partial charge in [0.15, 0.2) is 4.96 Å². The van der Waals surface area contributed by atoms with Crippen molar-refractivity contribution in [1.82, 2.24) is 9.38 Å². The fourth-order valence-corrected chi connectivity index (χ4v) is 2.82. The van der Waals surface area contributed by atoms with Crippen LogP contribution in [-0.2, 0) is 0 Å². The van der Waals surface area contributed by atoms with Crippen LogP contribution in [0.15, 0.2) is 35.8 Å². The molecule has 0 aliphatic carbocycles. The molecule has 0 aliphatic heterocycles. The Morgan fingerprint density at radius 1 is 1.25 bits per heavy atom. The van der Waals surface area contributed by atoms with Gasteiger partial charge in [0.25, 0.3) is 0 Å². The zero-order valence-electron chi connectivity index (χ0n) is 11.6. The summed E-state index contributed by atoms with van der Waals surface area (Å²) in [6, 6.07) is 6.74. The molecule has 0 bridgehead atoms. The van der Waals surface area contributed by atoms with E-state index in [1.54, 1.807) is 12.1 Å². The van der Waals surface area contributed by atoms with Crippen molar-refractivity contribution in [2.45, 2.75) is 26.3 Å². The maximum Gasteiger partial charge on any atom is 0.195 e. The molecule has 0 aliphatic rings. The topological polar surface area (TPSA) is 29.3 Å². The van der Waals surface area contributed by atoms with Gasteiger partial charge in [0.2, 0.25) is 0 Å². The number of nitrogens with one attached hydrogen (secondary N) is 1. The Balaban J connectivity index is 2.22. The van der Waals surface area contributed by atoms with Crippen molar-refractivity contribution in [3.8, 4) is 11.3 Å². The highest BCUT2D eigenvalue weighted by Gasteiger charge is 2.21. The van der Waals surface area contributed by atoms with Gasteiger partial charge in [0, 0.05) is 22.7 Å². The Morgan fingerprint density at radius 3 is 2.70 bits per heavy atom. The lowest BCUT2D eigenvalue weighted by molar-refractivity contribution is 0.625. The van der Waals surface area contributed by atoms with Gasteiger partial charge in [-0.15, -0.1) is 11.3 Å². The zero-order valence-corrected chi connectivity index (χ0v) is 12.5. The summed E-state index contributed by atoms with van der Waals surface area (Å²) in [5, 5.41) is 5.40. The van der Waals surface area contributed by atoms with E-state index in [2.05, 4.69) is 31.1 Å². The lowest BCUT2D eigenvalue weighted by Gasteiger charge is -2.22. The number of hydrogen-bond acceptors (Lipinski definition) is 3. The first kappa shape index (κ1) is 13.1. The van der Waals surface area contributed by atoms with Gasteiger partial charge in [0.1, 0.15) is 17.3 Å². The number of benzene rings is 1. The van der Waals surface area contributed by atoms with Crippen LogP contribution in [0.1, 0.15) is 20.8 Å². The summed E-state index contributed by atoms with van der Waals surface area (Å²) in [6.45, 7) is 6.22. The van der Waals surface area contributed by atoms with E-state index < -0.39 is 0 Å². The molecule has 0 saturated carbocycles. The summed E-state index contributed by atoms with van der Waals surface area (Å²) in [4.78, 5) is 5.42. The number of hydrogen-bond donors (Lipinski definition) is 1. The Bertz CT molecular complexity index is 752. The normalized spacial score (nSPS) is 12.0. The van der Waals surface area contributed by atoms with Gasteiger partial charge in [-0.2, -0.15) is 0 Å². The first-order valence-corrected chi connectivity index (χ1v) is 7.32. The molecule has 0 atom stereocenters. The predicted octanol–water partition coefficient (Wildman–Crippen LogP) is 4.41. The van der Waals surface area contributed by atoms with E-state index >= 15 is 0 Å². The molecule has 5 heteroatoms. The van der Waals surface area contributed by atoms with E-state index in [0.717, 1.165) is 10.8 Å². The number of halogens is 1. The molecule has 1 aromatic carbocycles. The molecule has 3 rings (SSSR count). The maximum atomic E-state index is 14.0. The number of aromatic nitrogens is 2. The number of anilines is 1. The molecular weight excluding hydrogens is 273 g/mol. The van der Waals surface area contributed by atoms with Crippen LogP contribution in [0, 0.1) is 5.82 Å². The van der Waals surface area contributed by atoms with Gasteiger partial charge in [-0.3, -0.25) is 4.40 Å². The highest BCUT2D eigenvalue weighted by atomic mass is 32.1. The van der Waals surface area contributed by atoms with Crippen molar-refractivity contribution >= 4 is 22.1 Å². The summed E-state index contributed by atoms with van der Waals surface area (Å²) in [6.07, 6.45) is 1.95. The highest BCUT2D eigenvalue weighted by Crippen LogP contribution is 2.33. The average molecular weight is 289 g/mol. The van der Waals surface area contributed by atoms with Crippen LogP contribution in [0.2, 0.25) is 0 Å². The van der Waals surface area contributed by atoms with E-state index in [1.807, 2.05) is 22.0 Å². The first-order chi connectivity index (χ1) is 9.46. The second-order valence-corrected chi connectivity index (χ2v) is 6.59. The molecule has 0 spiro atoms. The van der Waals surface area contributed by atoms with Crippen LogP contribution in [0.25, 0.3) is 16.2 Å². The third-order valence-corrected chi connectivity index (χ3v) is 3.64. The molecule has 3 aromatic rings. The van der Waals surface area contributed by atoms with Gasteiger partial charge in [0.05, 0.1) is 0 Å². The Labute approximate surface area is 121 Å². The summed E-state index contributed by atoms with van der Waals surface area (Å²) in [5.74, 6) is 0.578. The van der Waals surface area contributed by atoms with E-state index in [1.165, 1.54) is 17.4 Å². The van der Waals surface area contributed by atoms with Crippen molar-refractivity contribution in [2.24, 2.45) is 0 Å². The van der Waals surface area contributed by atoms with Gasteiger partial charge >= 0.3 is 0 Å². The van der Waals surface area contributed by atoms with Crippen molar-refractivity contribution < 1.29 is 4.39 Å². The van der Waals surface area contributed by atoms with Crippen molar-refractivity contribution in [3.05, 3.63) is 41.7 Å². The molecule has 0 fully saturated rings. The quantitative estimate of drug-likeness (QED) is 0.757. The third-order valence-electron chi connectivity index (χ3n) is 2.88. The van der Waals surface area contributed by atoms with Crippen molar-refractivity contribution in [3.63, 3.8) is 0 Å². The minimum absolute atomic E-state index is 0.127. The molecule has 0 unspecified atom stereocenters. The molecular formula is C15H16FN3S. The molecule has 0 amide bonds. The van der Waals surface area contributed by atoms with Gasteiger partial charge in [-0.1, -0.05) is 12.1 Å². The van der Waals surface area contributed by atoms with E-state index in [4.69, 9.17) is 0 Å². The number of thiazole rings is 1. The minimum atomic E-state index is -0.254. The summed E-state index contributed by atoms with van der Waals surface area (Å²) in [7, 11) is 0. The van der Waals surface area contributed by atoms with Crippen molar-refractivity contribution in [2.75, 3.05) is 5.32 Å². The van der Waals surface area contributed by atoms with Crippen LogP contribution in [0.5, 0.6) is 0 Å². The lowest BCUT2D eigenvalue weighted by atomic mass is 10.1. The molecule has 1 N–H and O–H groups in total. The summed E-state index contributed by atoms with van der Waals surface area (Å²) in [5.41, 5.74) is 1.05. The van der Waals surface area contributed by atoms with E-state index in [0.29, 0.717) is 11.3 Å². The third kappa shape index (κ3) is 2.29. The summed E-state index contributed by atoms with van der Waals surface area (Å²) < 4.78 is 16.0. The molecule has 104 valence electrons. The number of fused-ring (bicyclic) bond motifs is 1. The predicted molar refractivity (Wildman–Crippen MR) is 81.8 cm³/mol. The number of imidazole rings is 1. The van der Waals surface area contributed by atoms with E-state index in [9.17, 15) is 4.39 Å². The van der Waals surface area contributed by atoms with Gasteiger partial charge < -0.3 is 5.32 Å². The highest BCUT2D eigenvalue weighted by molar-refractivity contribution is 7.15. The summed E-state index contributed by atoms with van der Waals surface area (Å²) >= 11 is 1.54. The Hall–Kier alpha value is -1.88. The second-order valence-electron chi connectivity index (χ2n) is 5.72. The second kappa shape index (κ2) is 4.59. The van der Waals surface area contributed by atoms with Crippen LogP contribution >= 0.6 is 11.3 Å². The molecule has 3 nitrogen and oxygen atoms in total. The van der Waals surface area contributed by atoms with Gasteiger partial charge in [-0.25, -0.2) is 9.37 Å². The largest absolute Gasteiger partial charge is 0.365 e. The standard InChI is InChI=1S/C15H16FN3S/c1-15(2,3)18-13-12(10-6-4-5-7-11(10)16)17-14-19(13)8-9-20-14/h4-9,18H,1-3H3. The maximum absolute atomic E-state index is 14.0. The van der Waals surface area contributed by atoms with Crippen LogP contribution in [0.3, 0.4) is 0 Å². The number of nitrogens with zero attached hydrogens (tertiary/aromatic N) is 2. The first-order valence-electron chi connectivity index (χ1n) is 6.44. The van der Waals surface area contributed by atoms with Crippen molar-refractivity contribution in [1.29, 1.82) is 0 Å². The fraction of sp³-hybridized carbons (Fsp3) is 0.267. The fourth-order valence-electron chi connectivity index (χ4n) is 2.10.